The number of benzene rings is 1. The summed E-state index contributed by atoms with van der Waals surface area (Å²) in [5, 5.41) is 11.5. The molecular formula is C19H24F2N4O3. The van der Waals surface area contributed by atoms with E-state index >= 15 is 0 Å². The van der Waals surface area contributed by atoms with Crippen LogP contribution in [-0.4, -0.2) is 41.3 Å². The first-order valence-electron chi connectivity index (χ1n) is 8.62. The number of halogens is 2. The molecule has 1 aliphatic carbocycles. The van der Waals surface area contributed by atoms with Crippen LogP contribution in [0.1, 0.15) is 54.0 Å². The summed E-state index contributed by atoms with van der Waals surface area (Å²) in [6.45, 7) is 0. The molecule has 1 aromatic heterocycles. The number of aromatic nitrogens is 2. The van der Waals surface area contributed by atoms with Crippen LogP contribution in [0.5, 0.6) is 0 Å². The van der Waals surface area contributed by atoms with Crippen molar-refractivity contribution in [1.82, 2.24) is 15.5 Å². The molecule has 28 heavy (non-hydrogen) atoms. The van der Waals surface area contributed by atoms with Crippen molar-refractivity contribution in [2.24, 2.45) is 0 Å². The van der Waals surface area contributed by atoms with Crippen LogP contribution in [0.15, 0.2) is 24.4 Å². The Hall–Kier alpha value is -2.81. The summed E-state index contributed by atoms with van der Waals surface area (Å²) < 4.78 is 32.8. The number of methoxy groups -OCH3 is 1. The zero-order valence-corrected chi connectivity index (χ0v) is 14.7. The minimum atomic E-state index is -0.998. The highest BCUT2D eigenvalue weighted by Gasteiger charge is 2.25. The van der Waals surface area contributed by atoms with E-state index in [-0.39, 0.29) is 31.0 Å². The predicted molar refractivity (Wildman–Crippen MR) is 100 cm³/mol. The third-order valence-electron chi connectivity index (χ3n) is 4.65. The number of aromatic amines is 1. The number of anilines is 1. The van der Waals surface area contributed by atoms with Crippen LogP contribution in [0.2, 0.25) is 0 Å². The smallest absolute Gasteiger partial charge is 0.271 e. The third-order valence-corrected chi connectivity index (χ3v) is 4.65. The Morgan fingerprint density at radius 1 is 1.14 bits per heavy atom. The third kappa shape index (κ3) is 4.72. The number of amides is 2. The SMILES string of the molecule is C.COC1CCC(NC(=O)c2[nH]ncc2NC(=O)c2c(F)cccc2F)CC1. The summed E-state index contributed by atoms with van der Waals surface area (Å²) in [6.07, 6.45) is 4.67. The first-order valence-corrected chi connectivity index (χ1v) is 8.62. The lowest BCUT2D eigenvalue weighted by Crippen LogP contribution is -2.39. The number of carbonyl (C=O) groups is 2. The molecule has 7 nitrogen and oxygen atoms in total. The molecule has 1 fully saturated rings. The summed E-state index contributed by atoms with van der Waals surface area (Å²) in [4.78, 5) is 24.7. The van der Waals surface area contributed by atoms with Crippen molar-refractivity contribution < 1.29 is 23.1 Å². The molecule has 0 unspecified atom stereocenters. The highest BCUT2D eigenvalue weighted by molar-refractivity contribution is 6.08. The highest BCUT2D eigenvalue weighted by atomic mass is 19.1. The molecule has 0 aliphatic heterocycles. The van der Waals surface area contributed by atoms with E-state index in [1.54, 1.807) is 7.11 Å². The topological polar surface area (TPSA) is 96.1 Å². The number of nitrogens with one attached hydrogen (secondary N) is 3. The molecule has 0 radical (unpaired) electrons. The Labute approximate surface area is 161 Å². The fourth-order valence-corrected chi connectivity index (χ4v) is 3.15. The van der Waals surface area contributed by atoms with Crippen LogP contribution in [0.3, 0.4) is 0 Å². The second-order valence-corrected chi connectivity index (χ2v) is 6.39. The molecule has 3 N–H and O–H groups in total. The van der Waals surface area contributed by atoms with Crippen LogP contribution in [0.4, 0.5) is 14.5 Å². The molecule has 3 rings (SSSR count). The summed E-state index contributed by atoms with van der Waals surface area (Å²) >= 11 is 0. The van der Waals surface area contributed by atoms with Gasteiger partial charge in [-0.3, -0.25) is 14.7 Å². The maximum Gasteiger partial charge on any atom is 0.271 e. The van der Waals surface area contributed by atoms with Crippen LogP contribution in [-0.2, 0) is 4.74 Å². The maximum absolute atomic E-state index is 13.7. The number of hydrogen-bond acceptors (Lipinski definition) is 4. The van der Waals surface area contributed by atoms with Gasteiger partial charge in [-0.1, -0.05) is 13.5 Å². The van der Waals surface area contributed by atoms with E-state index in [2.05, 4.69) is 20.8 Å². The summed E-state index contributed by atoms with van der Waals surface area (Å²) in [5.74, 6) is -3.42. The lowest BCUT2D eigenvalue weighted by Gasteiger charge is -2.28. The Kier molecular flexibility index (Phi) is 7.22. The molecule has 152 valence electrons. The molecule has 0 atom stereocenters. The van der Waals surface area contributed by atoms with E-state index in [1.165, 1.54) is 6.20 Å². The zero-order chi connectivity index (χ0) is 19.4. The van der Waals surface area contributed by atoms with E-state index in [0.717, 1.165) is 43.9 Å². The van der Waals surface area contributed by atoms with E-state index in [9.17, 15) is 18.4 Å². The molecule has 1 aromatic carbocycles. The monoisotopic (exact) mass is 394 g/mol. The Morgan fingerprint density at radius 3 is 2.39 bits per heavy atom. The first-order chi connectivity index (χ1) is 13.0. The lowest BCUT2D eigenvalue weighted by atomic mass is 9.93. The molecule has 1 heterocycles. The maximum atomic E-state index is 13.7. The minimum Gasteiger partial charge on any atom is -0.381 e. The lowest BCUT2D eigenvalue weighted by molar-refractivity contribution is 0.0598. The van der Waals surface area contributed by atoms with Crippen LogP contribution in [0, 0.1) is 11.6 Å². The minimum absolute atomic E-state index is 0. The van der Waals surface area contributed by atoms with Gasteiger partial charge in [0.2, 0.25) is 0 Å². The second kappa shape index (κ2) is 9.41. The number of ether oxygens (including phenoxy) is 1. The van der Waals surface area contributed by atoms with Gasteiger partial charge in [-0.25, -0.2) is 8.78 Å². The quantitative estimate of drug-likeness (QED) is 0.725. The zero-order valence-electron chi connectivity index (χ0n) is 14.7. The van der Waals surface area contributed by atoms with Crippen molar-refractivity contribution in [2.75, 3.05) is 12.4 Å². The molecule has 9 heteroatoms. The van der Waals surface area contributed by atoms with E-state index in [4.69, 9.17) is 4.74 Å². The van der Waals surface area contributed by atoms with Crippen LogP contribution in [0.25, 0.3) is 0 Å². The largest absolute Gasteiger partial charge is 0.381 e. The van der Waals surface area contributed by atoms with Crippen molar-refractivity contribution in [2.45, 2.75) is 45.3 Å². The van der Waals surface area contributed by atoms with Crippen LogP contribution >= 0.6 is 0 Å². The van der Waals surface area contributed by atoms with Gasteiger partial charge in [0.1, 0.15) is 22.9 Å². The average molecular weight is 394 g/mol. The summed E-state index contributed by atoms with van der Waals surface area (Å²) in [7, 11) is 1.67. The Balaban J connectivity index is 0.00000280. The second-order valence-electron chi connectivity index (χ2n) is 6.39. The molecule has 0 bridgehead atoms. The molecular weight excluding hydrogens is 370 g/mol. The number of nitrogens with zero attached hydrogens (tertiary/aromatic N) is 1. The summed E-state index contributed by atoms with van der Waals surface area (Å²) in [6, 6.07) is 3.12. The Morgan fingerprint density at radius 2 is 1.79 bits per heavy atom. The molecule has 2 amide bonds. The molecule has 0 saturated heterocycles. The number of rotatable bonds is 5. The van der Waals surface area contributed by atoms with Gasteiger partial charge in [0.15, 0.2) is 0 Å². The van der Waals surface area contributed by atoms with E-state index in [1.807, 2.05) is 0 Å². The van der Waals surface area contributed by atoms with E-state index in [0.29, 0.717) is 0 Å². The highest BCUT2D eigenvalue weighted by Crippen LogP contribution is 2.22. The van der Waals surface area contributed by atoms with Gasteiger partial charge in [0.05, 0.1) is 18.0 Å². The van der Waals surface area contributed by atoms with E-state index < -0.39 is 29.0 Å². The normalized spacial score (nSPS) is 18.8. The standard InChI is InChI=1S/C18H20F2N4O3.CH4/c1-27-11-7-5-10(6-8-11)22-18(26)16-14(9-21-24-16)23-17(25)15-12(19)3-2-4-13(15)20;/h2-4,9-11H,5-8H2,1H3,(H,21,24)(H,22,26)(H,23,25);1H4. The van der Waals surface area contributed by atoms with Gasteiger partial charge in [-0.05, 0) is 37.8 Å². The molecule has 1 saturated carbocycles. The van der Waals surface area contributed by atoms with Gasteiger partial charge in [0, 0.05) is 13.2 Å². The number of H-pyrrole nitrogens is 1. The van der Waals surface area contributed by atoms with Crippen LogP contribution < -0.4 is 10.6 Å². The Bertz CT molecular complexity index is 812. The average Bonchev–Trinajstić information content (AvgIpc) is 3.10. The van der Waals surface area contributed by atoms with Crippen molar-refractivity contribution in [3.63, 3.8) is 0 Å². The van der Waals surface area contributed by atoms with Gasteiger partial charge < -0.3 is 15.4 Å². The molecule has 2 aromatic rings. The number of hydrogen-bond donors (Lipinski definition) is 3. The fraction of sp³-hybridized carbons (Fsp3) is 0.421. The van der Waals surface area contributed by atoms with Crippen molar-refractivity contribution in [3.05, 3.63) is 47.3 Å². The van der Waals surface area contributed by atoms with Crippen molar-refractivity contribution in [1.29, 1.82) is 0 Å². The van der Waals surface area contributed by atoms with Gasteiger partial charge in [-0.2, -0.15) is 5.10 Å². The predicted octanol–water partition coefficient (Wildman–Crippen LogP) is 3.26. The molecule has 0 spiro atoms. The number of carbonyl (C=O) groups excluding carboxylic acids is 2. The fourth-order valence-electron chi connectivity index (χ4n) is 3.15. The van der Waals surface area contributed by atoms with Gasteiger partial charge in [0.25, 0.3) is 11.8 Å². The molecule has 1 aliphatic rings. The van der Waals surface area contributed by atoms with Crippen molar-refractivity contribution in [3.8, 4) is 0 Å². The van der Waals surface area contributed by atoms with Gasteiger partial charge in [-0.15, -0.1) is 0 Å². The summed E-state index contributed by atoms with van der Waals surface area (Å²) in [5.41, 5.74) is -0.650. The first kappa shape index (κ1) is 21.5. The van der Waals surface area contributed by atoms with Gasteiger partial charge >= 0.3 is 0 Å². The van der Waals surface area contributed by atoms with Crippen molar-refractivity contribution >= 4 is 17.5 Å².